The zero-order valence-electron chi connectivity index (χ0n) is 14.2. The molecule has 6 heteroatoms. The summed E-state index contributed by atoms with van der Waals surface area (Å²) in [4.78, 5) is 11.7. The zero-order valence-corrected chi connectivity index (χ0v) is 15.1. The summed E-state index contributed by atoms with van der Waals surface area (Å²) < 4.78 is 27.2. The summed E-state index contributed by atoms with van der Waals surface area (Å²) >= 11 is 0. The van der Waals surface area contributed by atoms with E-state index in [2.05, 4.69) is 0 Å². The van der Waals surface area contributed by atoms with Crippen molar-refractivity contribution >= 4 is 16.3 Å². The molecular weight excluding hydrogens is 312 g/mol. The van der Waals surface area contributed by atoms with Crippen LogP contribution < -0.4 is 5.73 Å². The van der Waals surface area contributed by atoms with Gasteiger partial charge in [0.05, 0.1) is 10.9 Å². The molecule has 130 valence electrons. The maximum Gasteiger partial charge on any atom is 0.243 e. The van der Waals surface area contributed by atoms with Crippen LogP contribution in [0, 0.1) is 12.8 Å². The quantitative estimate of drug-likeness (QED) is 0.524. The molecule has 0 fully saturated rings. The van der Waals surface area contributed by atoms with Gasteiger partial charge in [-0.1, -0.05) is 38.0 Å². The Balaban J connectivity index is 3.11. The number of nitrogens with two attached hydrogens (primary N) is 1. The Hall–Kier alpha value is -1.24. The van der Waals surface area contributed by atoms with Gasteiger partial charge < -0.3 is 10.5 Å². The smallest absolute Gasteiger partial charge is 0.243 e. The largest absolute Gasteiger partial charge is 0.330 e. The Morgan fingerprint density at radius 3 is 2.26 bits per heavy atom. The van der Waals surface area contributed by atoms with E-state index in [-0.39, 0.29) is 10.8 Å². The number of hydrogen-bond donors (Lipinski definition) is 1. The third-order valence-electron chi connectivity index (χ3n) is 3.65. The third kappa shape index (κ3) is 5.71. The first-order valence-electron chi connectivity index (χ1n) is 8.06. The second kappa shape index (κ2) is 9.15. The molecule has 1 aromatic rings. The van der Waals surface area contributed by atoms with Crippen molar-refractivity contribution in [3.63, 3.8) is 0 Å². The number of benzene rings is 1. The predicted octanol–water partition coefficient (Wildman–Crippen LogP) is 2.34. The highest BCUT2D eigenvalue weighted by Gasteiger charge is 2.31. The van der Waals surface area contributed by atoms with Crippen molar-refractivity contribution in [2.45, 2.75) is 51.0 Å². The molecule has 0 unspecified atom stereocenters. The van der Waals surface area contributed by atoms with Crippen LogP contribution in [0.4, 0.5) is 0 Å². The average Bonchev–Trinajstić information content (AvgIpc) is 2.50. The number of sulfonamides is 1. The van der Waals surface area contributed by atoms with Gasteiger partial charge in [0.2, 0.25) is 10.0 Å². The second-order valence-corrected chi connectivity index (χ2v) is 8.16. The van der Waals surface area contributed by atoms with E-state index in [4.69, 9.17) is 5.73 Å². The Bertz CT molecular complexity index is 582. The van der Waals surface area contributed by atoms with Crippen molar-refractivity contribution < 1.29 is 13.2 Å². The van der Waals surface area contributed by atoms with E-state index in [1.165, 1.54) is 4.31 Å². The molecule has 0 saturated carbocycles. The molecule has 0 aromatic heterocycles. The first kappa shape index (κ1) is 19.8. The molecule has 1 atom stereocenters. The summed E-state index contributed by atoms with van der Waals surface area (Å²) in [7, 11) is -3.69. The van der Waals surface area contributed by atoms with Crippen LogP contribution in [0.15, 0.2) is 29.2 Å². The van der Waals surface area contributed by atoms with Crippen molar-refractivity contribution in [1.29, 1.82) is 0 Å². The fraction of sp³-hybridized carbons (Fsp3) is 0.588. The Kier molecular flexibility index (Phi) is 7.88. The lowest BCUT2D eigenvalue weighted by Crippen LogP contribution is -2.43. The lowest BCUT2D eigenvalue weighted by atomic mass is 10.1. The lowest BCUT2D eigenvalue weighted by Gasteiger charge is -2.29. The molecule has 0 amide bonds. The zero-order chi connectivity index (χ0) is 17.5. The first-order valence-corrected chi connectivity index (χ1v) is 9.50. The van der Waals surface area contributed by atoms with Gasteiger partial charge in [-0.2, -0.15) is 4.31 Å². The summed E-state index contributed by atoms with van der Waals surface area (Å²) in [5.41, 5.74) is 6.48. The highest BCUT2D eigenvalue weighted by atomic mass is 32.2. The Morgan fingerprint density at radius 1 is 1.17 bits per heavy atom. The van der Waals surface area contributed by atoms with Crippen molar-refractivity contribution in [3.05, 3.63) is 29.8 Å². The standard InChI is InChI=1S/C17H28N2O3S/c1-14(2)12-19(16(13-20)6-4-5-11-18)23(21,22)17-9-7-15(3)8-10-17/h7-10,13-14,16H,4-6,11-12,18H2,1-3H3/t16-/m0/s1. The van der Waals surface area contributed by atoms with Crippen molar-refractivity contribution in [2.24, 2.45) is 11.7 Å². The van der Waals surface area contributed by atoms with Gasteiger partial charge in [-0.25, -0.2) is 8.42 Å². The van der Waals surface area contributed by atoms with Crippen LogP contribution in [-0.4, -0.2) is 38.1 Å². The molecule has 0 heterocycles. The van der Waals surface area contributed by atoms with E-state index < -0.39 is 16.1 Å². The molecule has 0 aliphatic rings. The number of unbranched alkanes of at least 4 members (excludes halogenated alkanes) is 1. The Labute approximate surface area is 139 Å². The summed E-state index contributed by atoms with van der Waals surface area (Å²) in [6, 6.07) is 6.09. The van der Waals surface area contributed by atoms with Crippen LogP contribution in [-0.2, 0) is 14.8 Å². The van der Waals surface area contributed by atoms with Crippen molar-refractivity contribution in [1.82, 2.24) is 4.31 Å². The lowest BCUT2D eigenvalue weighted by molar-refractivity contribution is -0.111. The van der Waals surface area contributed by atoms with Gasteiger partial charge in [0.25, 0.3) is 0 Å². The molecule has 5 nitrogen and oxygen atoms in total. The minimum atomic E-state index is -3.69. The molecule has 0 aliphatic heterocycles. The number of hydrogen-bond acceptors (Lipinski definition) is 4. The fourth-order valence-corrected chi connectivity index (χ4v) is 4.15. The molecule has 0 spiro atoms. The highest BCUT2D eigenvalue weighted by Crippen LogP contribution is 2.22. The van der Waals surface area contributed by atoms with Crippen LogP contribution in [0.5, 0.6) is 0 Å². The minimum absolute atomic E-state index is 0.132. The topological polar surface area (TPSA) is 80.5 Å². The van der Waals surface area contributed by atoms with Gasteiger partial charge in [-0.3, -0.25) is 0 Å². The van der Waals surface area contributed by atoms with Crippen LogP contribution in [0.2, 0.25) is 0 Å². The van der Waals surface area contributed by atoms with Crippen LogP contribution in [0.25, 0.3) is 0 Å². The molecule has 23 heavy (non-hydrogen) atoms. The van der Waals surface area contributed by atoms with Gasteiger partial charge in [-0.05, 0) is 44.4 Å². The van der Waals surface area contributed by atoms with Crippen molar-refractivity contribution in [2.75, 3.05) is 13.1 Å². The molecular formula is C17H28N2O3S. The van der Waals surface area contributed by atoms with Gasteiger partial charge in [0.1, 0.15) is 6.29 Å². The van der Waals surface area contributed by atoms with Gasteiger partial charge >= 0.3 is 0 Å². The maximum absolute atomic E-state index is 13.0. The summed E-state index contributed by atoms with van der Waals surface area (Å²) in [5, 5.41) is 0. The van der Waals surface area contributed by atoms with E-state index in [0.29, 0.717) is 19.5 Å². The van der Waals surface area contributed by atoms with Crippen LogP contribution >= 0.6 is 0 Å². The molecule has 0 bridgehead atoms. The number of rotatable bonds is 10. The van der Waals surface area contributed by atoms with E-state index in [1.807, 2.05) is 20.8 Å². The van der Waals surface area contributed by atoms with Crippen molar-refractivity contribution in [3.8, 4) is 0 Å². The minimum Gasteiger partial charge on any atom is -0.330 e. The molecule has 1 aromatic carbocycles. The number of aryl methyl sites for hydroxylation is 1. The number of carbonyl (C=O) groups excluding carboxylic acids is 1. The monoisotopic (exact) mass is 340 g/mol. The summed E-state index contributed by atoms with van der Waals surface area (Å²) in [5.74, 6) is 0.132. The van der Waals surface area contributed by atoms with Crippen LogP contribution in [0.3, 0.4) is 0 Å². The first-order chi connectivity index (χ1) is 10.8. The molecule has 0 aliphatic carbocycles. The van der Waals surface area contributed by atoms with E-state index in [9.17, 15) is 13.2 Å². The average molecular weight is 340 g/mol. The highest BCUT2D eigenvalue weighted by molar-refractivity contribution is 7.89. The van der Waals surface area contributed by atoms with Gasteiger partial charge in [0, 0.05) is 6.54 Å². The molecule has 0 saturated heterocycles. The SMILES string of the molecule is Cc1ccc(S(=O)(=O)N(CC(C)C)[C@H](C=O)CCCCN)cc1. The number of nitrogens with zero attached hydrogens (tertiary/aromatic N) is 1. The maximum atomic E-state index is 13.0. The molecule has 2 N–H and O–H groups in total. The Morgan fingerprint density at radius 2 is 1.78 bits per heavy atom. The summed E-state index contributed by atoms with van der Waals surface area (Å²) in [6.45, 7) is 6.66. The van der Waals surface area contributed by atoms with E-state index in [0.717, 1.165) is 24.7 Å². The van der Waals surface area contributed by atoms with Gasteiger partial charge in [-0.15, -0.1) is 0 Å². The number of aldehydes is 1. The normalized spacial score (nSPS) is 13.5. The molecule has 0 radical (unpaired) electrons. The second-order valence-electron chi connectivity index (χ2n) is 6.27. The predicted molar refractivity (Wildman–Crippen MR) is 92.7 cm³/mol. The van der Waals surface area contributed by atoms with E-state index >= 15 is 0 Å². The van der Waals surface area contributed by atoms with Crippen LogP contribution in [0.1, 0.15) is 38.7 Å². The third-order valence-corrected chi connectivity index (χ3v) is 5.56. The molecule has 1 rings (SSSR count). The van der Waals surface area contributed by atoms with E-state index in [1.54, 1.807) is 24.3 Å². The van der Waals surface area contributed by atoms with Gasteiger partial charge in [0.15, 0.2) is 0 Å². The summed E-state index contributed by atoms with van der Waals surface area (Å²) in [6.07, 6.45) is 2.76. The fourth-order valence-electron chi connectivity index (χ4n) is 2.40. The number of carbonyl (C=O) groups is 1.